The average Bonchev–Trinajstić information content (AvgIpc) is 2.89. The minimum atomic E-state index is 0.706. The fourth-order valence-electron chi connectivity index (χ4n) is 4.97. The second kappa shape index (κ2) is 7.43. The number of rotatable bonds is 2. The van der Waals surface area contributed by atoms with E-state index in [1.807, 2.05) is 12.1 Å². The standard InChI is InChI=1S/C30H21N3O2/c1-18-5-3-4-6-22(18)23-13-20(8-7-19(23)2)21-14-26-30-27(15-21)35-29-17-32-12-10-25(29)33(30)24-9-11-31-16-28(24)34-26/h3-17H,1-2H3. The second-order valence-corrected chi connectivity index (χ2v) is 8.89. The molecule has 0 spiro atoms. The molecule has 5 nitrogen and oxygen atoms in total. The Morgan fingerprint density at radius 2 is 1.23 bits per heavy atom. The van der Waals surface area contributed by atoms with Crippen LogP contribution in [0.15, 0.2) is 91.5 Å². The van der Waals surface area contributed by atoms with E-state index in [2.05, 4.69) is 83.3 Å². The van der Waals surface area contributed by atoms with Gasteiger partial charge in [-0.25, -0.2) is 0 Å². The van der Waals surface area contributed by atoms with Gasteiger partial charge in [0, 0.05) is 12.4 Å². The topological polar surface area (TPSA) is 47.5 Å². The summed E-state index contributed by atoms with van der Waals surface area (Å²) in [7, 11) is 0. The van der Waals surface area contributed by atoms with E-state index in [1.54, 1.807) is 24.8 Å². The Balaban J connectivity index is 1.43. The molecule has 5 aromatic rings. The van der Waals surface area contributed by atoms with Crippen molar-refractivity contribution in [3.8, 4) is 45.3 Å². The lowest BCUT2D eigenvalue weighted by atomic mass is 9.92. The van der Waals surface area contributed by atoms with E-state index in [0.29, 0.717) is 11.5 Å². The molecule has 2 aliphatic heterocycles. The molecule has 0 N–H and O–H groups in total. The molecule has 0 atom stereocenters. The van der Waals surface area contributed by atoms with Gasteiger partial charge in [0.2, 0.25) is 0 Å². The van der Waals surface area contributed by atoms with Gasteiger partial charge in [-0.2, -0.15) is 0 Å². The molecular formula is C30H21N3O2. The normalized spacial score (nSPS) is 12.7. The number of hydrogen-bond acceptors (Lipinski definition) is 5. The van der Waals surface area contributed by atoms with Gasteiger partial charge < -0.3 is 9.47 Å². The lowest BCUT2D eigenvalue weighted by molar-refractivity contribution is 0.444. The zero-order chi connectivity index (χ0) is 23.5. The Bertz CT molecular complexity index is 1570. The van der Waals surface area contributed by atoms with Crippen molar-refractivity contribution in [2.75, 3.05) is 4.90 Å². The number of benzene rings is 3. The van der Waals surface area contributed by atoms with Gasteiger partial charge in [-0.3, -0.25) is 14.9 Å². The fourth-order valence-corrected chi connectivity index (χ4v) is 4.97. The summed E-state index contributed by atoms with van der Waals surface area (Å²) in [5, 5.41) is 0. The van der Waals surface area contributed by atoms with Crippen LogP contribution in [0.3, 0.4) is 0 Å². The van der Waals surface area contributed by atoms with Gasteiger partial charge in [0.15, 0.2) is 23.0 Å². The Kier molecular flexibility index (Phi) is 4.20. The van der Waals surface area contributed by atoms with Crippen LogP contribution in [-0.2, 0) is 0 Å². The molecule has 0 saturated carbocycles. The summed E-state index contributed by atoms with van der Waals surface area (Å²) in [6.07, 6.45) is 7.06. The molecule has 0 fully saturated rings. The number of pyridine rings is 2. The molecule has 35 heavy (non-hydrogen) atoms. The molecule has 3 aromatic carbocycles. The monoisotopic (exact) mass is 455 g/mol. The first-order chi connectivity index (χ1) is 17.2. The minimum Gasteiger partial charge on any atom is -0.451 e. The van der Waals surface area contributed by atoms with Crippen LogP contribution in [0.4, 0.5) is 17.1 Å². The maximum Gasteiger partial charge on any atom is 0.169 e. The first kappa shape index (κ1) is 19.8. The maximum absolute atomic E-state index is 6.36. The molecule has 2 aliphatic rings. The van der Waals surface area contributed by atoms with E-state index in [4.69, 9.17) is 9.47 Å². The molecule has 7 rings (SSSR count). The average molecular weight is 456 g/mol. The molecule has 168 valence electrons. The number of aryl methyl sites for hydroxylation is 2. The largest absolute Gasteiger partial charge is 0.451 e. The van der Waals surface area contributed by atoms with Gasteiger partial charge in [-0.15, -0.1) is 0 Å². The number of nitrogens with zero attached hydrogens (tertiary/aromatic N) is 3. The summed E-state index contributed by atoms with van der Waals surface area (Å²) < 4.78 is 12.7. The van der Waals surface area contributed by atoms with E-state index >= 15 is 0 Å². The number of aromatic nitrogens is 2. The van der Waals surface area contributed by atoms with Crippen LogP contribution in [0.2, 0.25) is 0 Å². The Labute approximate surface area is 203 Å². The van der Waals surface area contributed by atoms with Crippen LogP contribution in [0.5, 0.6) is 23.0 Å². The molecule has 0 saturated heterocycles. The molecule has 0 amide bonds. The van der Waals surface area contributed by atoms with Crippen LogP contribution in [-0.4, -0.2) is 9.97 Å². The van der Waals surface area contributed by atoms with Crippen molar-refractivity contribution < 1.29 is 9.47 Å². The van der Waals surface area contributed by atoms with Gasteiger partial charge >= 0.3 is 0 Å². The highest BCUT2D eigenvalue weighted by Crippen LogP contribution is 2.60. The van der Waals surface area contributed by atoms with Crippen LogP contribution in [0.25, 0.3) is 22.3 Å². The number of anilines is 3. The summed E-state index contributed by atoms with van der Waals surface area (Å²) in [6.45, 7) is 4.30. The van der Waals surface area contributed by atoms with Gasteiger partial charge in [0.05, 0.1) is 23.8 Å². The summed E-state index contributed by atoms with van der Waals surface area (Å²) in [6, 6.07) is 23.2. The Morgan fingerprint density at radius 3 is 1.89 bits per heavy atom. The van der Waals surface area contributed by atoms with Crippen molar-refractivity contribution in [1.29, 1.82) is 0 Å². The molecule has 2 aromatic heterocycles. The van der Waals surface area contributed by atoms with E-state index in [1.165, 1.54) is 22.3 Å². The maximum atomic E-state index is 6.36. The van der Waals surface area contributed by atoms with Crippen LogP contribution < -0.4 is 14.4 Å². The zero-order valence-electron chi connectivity index (χ0n) is 19.3. The summed E-state index contributed by atoms with van der Waals surface area (Å²) in [4.78, 5) is 10.7. The second-order valence-electron chi connectivity index (χ2n) is 8.89. The van der Waals surface area contributed by atoms with E-state index in [9.17, 15) is 0 Å². The third-order valence-corrected chi connectivity index (χ3v) is 6.72. The van der Waals surface area contributed by atoms with Crippen molar-refractivity contribution in [2.45, 2.75) is 13.8 Å². The van der Waals surface area contributed by atoms with Gasteiger partial charge in [0.1, 0.15) is 5.69 Å². The molecule has 0 bridgehead atoms. The first-order valence-electron chi connectivity index (χ1n) is 11.6. The summed E-state index contributed by atoms with van der Waals surface area (Å²) in [5.74, 6) is 2.88. The van der Waals surface area contributed by atoms with Crippen LogP contribution in [0.1, 0.15) is 11.1 Å². The van der Waals surface area contributed by atoms with Gasteiger partial charge in [-0.05, 0) is 77.6 Å². The zero-order valence-corrected chi connectivity index (χ0v) is 19.3. The quantitative estimate of drug-likeness (QED) is 0.263. The highest BCUT2D eigenvalue weighted by atomic mass is 16.5. The summed E-state index contributed by atoms with van der Waals surface area (Å²) in [5.41, 5.74) is 9.81. The smallest absolute Gasteiger partial charge is 0.169 e. The predicted octanol–water partition coefficient (Wildman–Crippen LogP) is 8.11. The lowest BCUT2D eigenvalue weighted by Gasteiger charge is -2.37. The third kappa shape index (κ3) is 3.02. The van der Waals surface area contributed by atoms with E-state index < -0.39 is 0 Å². The Hall–Kier alpha value is -4.64. The first-order valence-corrected chi connectivity index (χ1v) is 11.6. The molecule has 0 aliphatic carbocycles. The van der Waals surface area contributed by atoms with Crippen molar-refractivity contribution in [1.82, 2.24) is 9.97 Å². The fraction of sp³-hybridized carbons (Fsp3) is 0.0667. The number of ether oxygens (including phenoxy) is 2. The van der Waals surface area contributed by atoms with Crippen LogP contribution in [0, 0.1) is 13.8 Å². The minimum absolute atomic E-state index is 0.706. The number of hydrogen-bond donors (Lipinski definition) is 0. The number of fused-ring (bicyclic) bond motifs is 4. The SMILES string of the molecule is Cc1ccccc1-c1cc(-c2cc3c4c(c2)Oc2cnccc2N4c2ccncc2O3)ccc1C. The van der Waals surface area contributed by atoms with Crippen LogP contribution >= 0.6 is 0 Å². The third-order valence-electron chi connectivity index (χ3n) is 6.72. The molecular weight excluding hydrogens is 434 g/mol. The Morgan fingerprint density at radius 1 is 0.600 bits per heavy atom. The van der Waals surface area contributed by atoms with E-state index in [-0.39, 0.29) is 0 Å². The van der Waals surface area contributed by atoms with Crippen molar-refractivity contribution in [3.63, 3.8) is 0 Å². The molecule has 5 heteroatoms. The summed E-state index contributed by atoms with van der Waals surface area (Å²) >= 11 is 0. The van der Waals surface area contributed by atoms with Crippen molar-refractivity contribution in [2.24, 2.45) is 0 Å². The van der Waals surface area contributed by atoms with Crippen molar-refractivity contribution >= 4 is 17.1 Å². The highest BCUT2D eigenvalue weighted by molar-refractivity contribution is 5.95. The van der Waals surface area contributed by atoms with Gasteiger partial charge in [-0.1, -0.05) is 36.4 Å². The lowest BCUT2D eigenvalue weighted by Crippen LogP contribution is -2.20. The predicted molar refractivity (Wildman–Crippen MR) is 137 cm³/mol. The molecule has 0 unspecified atom stereocenters. The molecule has 4 heterocycles. The highest BCUT2D eigenvalue weighted by Gasteiger charge is 2.35. The van der Waals surface area contributed by atoms with E-state index in [0.717, 1.165) is 39.7 Å². The van der Waals surface area contributed by atoms with Gasteiger partial charge in [0.25, 0.3) is 0 Å². The molecule has 0 radical (unpaired) electrons. The van der Waals surface area contributed by atoms with Crippen molar-refractivity contribution in [3.05, 3.63) is 103 Å².